The van der Waals surface area contributed by atoms with Crippen LogP contribution in [0.15, 0.2) is 126 Å². The van der Waals surface area contributed by atoms with E-state index in [1.54, 1.807) is 102 Å². The smallest absolute Gasteiger partial charge is 0.271 e. The number of benzene rings is 5. The number of nitrogens with one attached hydrogen (secondary N) is 3. The van der Waals surface area contributed by atoms with Crippen molar-refractivity contribution in [3.8, 4) is 49.6 Å². The maximum Gasteiger partial charge on any atom is 0.271 e. The van der Waals surface area contributed by atoms with E-state index in [1.165, 1.54) is 22.5 Å². The summed E-state index contributed by atoms with van der Waals surface area (Å²) >= 11 is 3.02. The van der Waals surface area contributed by atoms with Crippen LogP contribution in [0.25, 0.3) is 31.0 Å². The summed E-state index contributed by atoms with van der Waals surface area (Å²) in [6, 6.07) is 31.3. The SMILES string of the molecule is Cc1ncsc1-c1ccc([C@H](C)NC(=O)[C@@H]2C[C@@H](O)CN2C(=O)[C@@H](NC(=O)COCCOCCOCCOc2ccc(/C=N/NC(=O)c3ccc(Oc4c(-c5ccc(O)cc5)sc5cc(O)ccc45)cc3)cc2)C(C)(C)C)cc1. The summed E-state index contributed by atoms with van der Waals surface area (Å²) in [5.74, 6) is 0.265. The third-order valence-corrected chi connectivity index (χ3v) is 15.0. The lowest BCUT2D eigenvalue weighted by Gasteiger charge is -2.35. The number of β-amino-alcohol motifs (C(OH)–C–C–N with tert-alkyl or cyclic N) is 1. The number of hydrogen-bond acceptors (Lipinski definition) is 16. The van der Waals surface area contributed by atoms with Crippen LogP contribution in [0.1, 0.15) is 67.3 Å². The highest BCUT2D eigenvalue weighted by atomic mass is 32.1. The molecule has 0 saturated carbocycles. The van der Waals surface area contributed by atoms with Gasteiger partial charge in [0.15, 0.2) is 5.75 Å². The number of aliphatic hydroxyl groups is 1. The number of aryl methyl sites for hydroxylation is 1. The van der Waals surface area contributed by atoms with E-state index in [4.69, 9.17) is 23.7 Å². The van der Waals surface area contributed by atoms with Crippen molar-refractivity contribution >= 4 is 62.6 Å². The highest BCUT2D eigenvalue weighted by Gasteiger charge is 2.44. The van der Waals surface area contributed by atoms with Crippen molar-refractivity contribution in [2.45, 2.75) is 65.3 Å². The summed E-state index contributed by atoms with van der Waals surface area (Å²) in [5, 5.41) is 41.2. The van der Waals surface area contributed by atoms with Gasteiger partial charge in [0, 0.05) is 28.6 Å². The highest BCUT2D eigenvalue weighted by molar-refractivity contribution is 7.22. The van der Waals surface area contributed by atoms with Gasteiger partial charge in [-0.3, -0.25) is 19.2 Å². The second-order valence-electron chi connectivity index (χ2n) is 19.9. The molecule has 18 nitrogen and oxygen atoms in total. The third kappa shape index (κ3) is 15.5. The van der Waals surface area contributed by atoms with E-state index in [0.29, 0.717) is 49.2 Å². The van der Waals surface area contributed by atoms with Crippen LogP contribution in [-0.2, 0) is 28.6 Å². The van der Waals surface area contributed by atoms with Crippen LogP contribution in [0.3, 0.4) is 0 Å². The summed E-state index contributed by atoms with van der Waals surface area (Å²) in [5.41, 5.74) is 8.47. The Bertz CT molecular complexity index is 3210. The zero-order valence-electron chi connectivity index (χ0n) is 44.5. The number of thiazole rings is 1. The molecule has 4 amide bonds. The van der Waals surface area contributed by atoms with Gasteiger partial charge in [0.05, 0.1) is 72.4 Å². The minimum absolute atomic E-state index is 0.0354. The number of thiophene rings is 1. The summed E-state index contributed by atoms with van der Waals surface area (Å²) in [4.78, 5) is 61.2. The average molecular weight is 1110 g/mol. The molecule has 6 N–H and O–H groups in total. The molecular weight excluding hydrogens is 1050 g/mol. The van der Waals surface area contributed by atoms with Crippen LogP contribution in [-0.4, -0.2) is 126 Å². The monoisotopic (exact) mass is 1110 g/mol. The molecule has 0 spiro atoms. The molecular formula is C59H64N6O12S2. The molecule has 414 valence electrons. The number of fused-ring (bicyclic) bond motifs is 1. The standard InChI is InChI=1S/C59H64N6O12S2/c1-36(39-8-10-40(11-9-39)53-37(2)60-35-78-53)62-57(71)49-30-45(68)33-65(49)58(72)55(59(3,4)5)63-51(69)34-75-27-26-73-24-25-74-28-29-76-46-19-6-38(7-20-46)32-61-64-56(70)42-14-21-47(22-15-42)77-52-48-23-18-44(67)31-50(48)79-54(52)41-12-16-43(66)17-13-41/h6-23,31-32,35-36,45,49,55,66-68H,24-30,33-34H2,1-5H3,(H,62,71)(H,63,69)(H,64,70)/b61-32+/t36-,45+,49-,55+/m0/s1. The van der Waals surface area contributed by atoms with E-state index < -0.39 is 41.3 Å². The molecule has 8 rings (SSSR count). The van der Waals surface area contributed by atoms with Crippen molar-refractivity contribution in [2.75, 3.05) is 52.8 Å². The van der Waals surface area contributed by atoms with Gasteiger partial charge in [0.2, 0.25) is 17.7 Å². The first-order chi connectivity index (χ1) is 38.0. The second-order valence-corrected chi connectivity index (χ2v) is 21.8. The number of rotatable bonds is 24. The van der Waals surface area contributed by atoms with Crippen LogP contribution in [0.4, 0.5) is 0 Å². The largest absolute Gasteiger partial charge is 0.508 e. The number of likely N-dealkylation sites (tertiary alicyclic amines) is 1. The summed E-state index contributed by atoms with van der Waals surface area (Å²) in [6.45, 7) is 10.5. The number of hydrazone groups is 1. The van der Waals surface area contributed by atoms with Crippen LogP contribution in [0.2, 0.25) is 0 Å². The molecule has 1 saturated heterocycles. The second kappa shape index (κ2) is 26.8. The molecule has 0 bridgehead atoms. The third-order valence-electron chi connectivity index (χ3n) is 12.9. The molecule has 3 heterocycles. The fourth-order valence-electron chi connectivity index (χ4n) is 8.68. The van der Waals surface area contributed by atoms with Gasteiger partial charge in [-0.1, -0.05) is 45.0 Å². The number of nitrogens with zero attached hydrogens (tertiary/aromatic N) is 3. The van der Waals surface area contributed by atoms with Crippen molar-refractivity contribution in [2.24, 2.45) is 10.5 Å². The number of phenolic OH excluding ortho intramolecular Hbond substituents is 2. The number of aliphatic hydroxyl groups excluding tert-OH is 1. The van der Waals surface area contributed by atoms with E-state index >= 15 is 0 Å². The maximum absolute atomic E-state index is 14.0. The molecule has 1 fully saturated rings. The summed E-state index contributed by atoms with van der Waals surface area (Å²) < 4.78 is 29.7. The lowest BCUT2D eigenvalue weighted by atomic mass is 9.85. The Morgan fingerprint density at radius 3 is 2.09 bits per heavy atom. The van der Waals surface area contributed by atoms with Crippen LogP contribution in [0, 0.1) is 12.3 Å². The number of ether oxygens (including phenoxy) is 5. The first kappa shape index (κ1) is 57.5. The van der Waals surface area contributed by atoms with Crippen molar-refractivity contribution in [1.29, 1.82) is 0 Å². The van der Waals surface area contributed by atoms with Gasteiger partial charge in [-0.2, -0.15) is 5.10 Å². The topological polar surface area (TPSA) is 240 Å². The Balaban J connectivity index is 0.682. The summed E-state index contributed by atoms with van der Waals surface area (Å²) in [6.07, 6.45) is 0.705. The van der Waals surface area contributed by atoms with Gasteiger partial charge in [-0.05, 0) is 133 Å². The number of aromatic nitrogens is 1. The summed E-state index contributed by atoms with van der Waals surface area (Å²) in [7, 11) is 0. The van der Waals surface area contributed by atoms with E-state index in [9.17, 15) is 34.5 Å². The maximum atomic E-state index is 14.0. The first-order valence-corrected chi connectivity index (χ1v) is 27.4. The van der Waals surface area contributed by atoms with Crippen molar-refractivity contribution in [1.82, 2.24) is 25.9 Å². The van der Waals surface area contributed by atoms with E-state index in [2.05, 4.69) is 26.1 Å². The first-order valence-electron chi connectivity index (χ1n) is 25.7. The predicted octanol–water partition coefficient (Wildman–Crippen LogP) is 8.77. The molecule has 79 heavy (non-hydrogen) atoms. The van der Waals surface area contributed by atoms with Crippen molar-refractivity contribution in [3.05, 3.63) is 143 Å². The Morgan fingerprint density at radius 1 is 0.785 bits per heavy atom. The van der Waals surface area contributed by atoms with Crippen LogP contribution < -0.4 is 25.5 Å². The van der Waals surface area contributed by atoms with Crippen molar-refractivity contribution < 1.29 is 58.2 Å². The number of amides is 4. The molecule has 20 heteroatoms. The molecule has 0 radical (unpaired) electrons. The zero-order valence-corrected chi connectivity index (χ0v) is 46.1. The Kier molecular flexibility index (Phi) is 19.5. The van der Waals surface area contributed by atoms with Gasteiger partial charge in [-0.25, -0.2) is 10.4 Å². The van der Waals surface area contributed by atoms with E-state index in [0.717, 1.165) is 47.8 Å². The lowest BCUT2D eigenvalue weighted by Crippen LogP contribution is -2.58. The van der Waals surface area contributed by atoms with Gasteiger partial charge < -0.3 is 54.5 Å². The molecule has 1 aliphatic rings. The molecule has 5 aromatic carbocycles. The number of phenols is 2. The van der Waals surface area contributed by atoms with Gasteiger partial charge in [0.25, 0.3) is 5.91 Å². The molecule has 4 atom stereocenters. The molecule has 0 aliphatic carbocycles. The number of carbonyl (C=O) groups excluding carboxylic acids is 4. The minimum Gasteiger partial charge on any atom is -0.508 e. The number of hydrogen-bond donors (Lipinski definition) is 6. The zero-order chi connectivity index (χ0) is 56.1. The quantitative estimate of drug-likeness (QED) is 0.0189. The Hall–Kier alpha value is -7.72. The minimum atomic E-state index is -0.990. The lowest BCUT2D eigenvalue weighted by molar-refractivity contribution is -0.144. The molecule has 7 aromatic rings. The fourth-order valence-corrected chi connectivity index (χ4v) is 10.7. The van der Waals surface area contributed by atoms with Gasteiger partial charge in [0.1, 0.15) is 48.3 Å². The molecule has 1 aliphatic heterocycles. The van der Waals surface area contributed by atoms with Crippen LogP contribution >= 0.6 is 22.7 Å². The van der Waals surface area contributed by atoms with Crippen molar-refractivity contribution in [3.63, 3.8) is 0 Å². The molecule has 2 aromatic heterocycles. The number of carbonyl (C=O) groups is 4. The Labute approximate surface area is 466 Å². The van der Waals surface area contributed by atoms with Crippen LogP contribution in [0.5, 0.6) is 28.7 Å². The normalized spacial score (nSPS) is 15.2. The van der Waals surface area contributed by atoms with E-state index in [-0.39, 0.29) is 56.2 Å². The average Bonchev–Trinajstić information content (AvgIpc) is 4.33. The number of aromatic hydroxyl groups is 2. The molecule has 0 unspecified atom stereocenters. The van der Waals surface area contributed by atoms with Gasteiger partial charge in [-0.15, -0.1) is 22.7 Å². The Morgan fingerprint density at radius 2 is 1.42 bits per heavy atom. The van der Waals surface area contributed by atoms with Gasteiger partial charge >= 0.3 is 0 Å². The predicted molar refractivity (Wildman–Crippen MR) is 303 cm³/mol. The van der Waals surface area contributed by atoms with E-state index in [1.807, 2.05) is 64.4 Å². The highest BCUT2D eigenvalue weighted by Crippen LogP contribution is 2.47. The fraction of sp³-hybridized carbons (Fsp3) is 0.322.